The standard InChI is InChI=1S/C60H72FN9O8S2/c1-37(2)42-9-7-8-10-43(42)49-35-68(34-39-17-22-62-53(27-39)76-5)25-26-70(49)41-31-60(32-41)20-23-69(24-21-60)40-11-12-44(50(28-40)78-51-29-45-46(61)13-14-47(45)65-58(51)77-6)57(71)66-80(74,75)52-30-48(67(4)73)54(56-55(52)64-36-79-56)63-33-38-15-18-59(3,72)19-16-38/h7-13,17,22,27-30,36-38,41,49,63,67,72H,14-16,18-21,23-26,31-35H2,1-6H3,(H,66,71)/t38?,49-,59?/m0/s1. The van der Waals surface area contributed by atoms with E-state index in [-0.39, 0.29) is 73.5 Å². The Morgan fingerprint density at radius 3 is 2.49 bits per heavy atom. The van der Waals surface area contributed by atoms with Crippen molar-refractivity contribution in [2.45, 2.75) is 114 Å². The van der Waals surface area contributed by atoms with Crippen molar-refractivity contribution in [2.75, 3.05) is 70.8 Å². The predicted octanol–water partition coefficient (Wildman–Crippen LogP) is 9.31. The number of aromatic nitrogens is 3. The third-order valence-corrected chi connectivity index (χ3v) is 19.7. The fourth-order valence-corrected chi connectivity index (χ4v) is 15.0. The smallest absolute Gasteiger partial charge is 0.268 e. The van der Waals surface area contributed by atoms with E-state index in [1.807, 2.05) is 19.2 Å². The Hall–Kier alpha value is -6.26. The summed E-state index contributed by atoms with van der Waals surface area (Å²) in [5, 5.41) is 26.8. The number of hydrogen-bond acceptors (Lipinski definition) is 16. The summed E-state index contributed by atoms with van der Waals surface area (Å²) < 4.78 is 64.5. The van der Waals surface area contributed by atoms with Crippen LogP contribution in [-0.2, 0) is 23.0 Å². The van der Waals surface area contributed by atoms with Crippen LogP contribution in [0.2, 0.25) is 0 Å². The summed E-state index contributed by atoms with van der Waals surface area (Å²) in [6, 6.07) is 21.6. The van der Waals surface area contributed by atoms with Crippen LogP contribution in [0.25, 0.3) is 16.0 Å². The number of piperidine rings is 1. The molecular weight excluding hydrogens is 1060 g/mol. The van der Waals surface area contributed by atoms with E-state index < -0.39 is 27.4 Å². The van der Waals surface area contributed by atoms with Gasteiger partial charge in [-0.3, -0.25) is 14.6 Å². The van der Waals surface area contributed by atoms with Gasteiger partial charge in [0.25, 0.3) is 21.8 Å². The molecule has 2 atom stereocenters. The number of ether oxygens (including phenoxy) is 3. The Morgan fingerprint density at radius 2 is 1.75 bits per heavy atom. The molecule has 1 amide bonds. The molecule has 1 spiro atoms. The molecule has 1 unspecified atom stereocenters. The van der Waals surface area contributed by atoms with Gasteiger partial charge >= 0.3 is 0 Å². The zero-order chi connectivity index (χ0) is 56.1. The first-order valence-corrected chi connectivity index (χ1v) is 30.3. The van der Waals surface area contributed by atoms with E-state index in [1.54, 1.807) is 25.3 Å². The van der Waals surface area contributed by atoms with Gasteiger partial charge in [0.15, 0.2) is 11.4 Å². The molecule has 3 aliphatic carbocycles. The Labute approximate surface area is 471 Å². The SMILES string of the molecule is COc1cc(CN2CCN(C3CC4(CCN(c5ccc(C(=O)NS(=O)(=O)c6cc([NH+](C)[O-])c(NCC7CCC(C)(O)CC7)c7scnc67)c(Oc6cc7c(nc6OC)CC=C7F)c5)CC4)C3)[C@H](c3ccccc3C(C)C)C2)ccn1. The summed E-state index contributed by atoms with van der Waals surface area (Å²) in [5.74, 6) is -0.0408. The first-order chi connectivity index (χ1) is 38.4. The van der Waals surface area contributed by atoms with Crippen LogP contribution >= 0.6 is 11.3 Å². The monoisotopic (exact) mass is 1130 g/mol. The van der Waals surface area contributed by atoms with Crippen molar-refractivity contribution in [1.29, 1.82) is 0 Å². The van der Waals surface area contributed by atoms with Crippen LogP contribution in [0.3, 0.4) is 0 Å². The number of fused-ring (bicyclic) bond motifs is 2. The molecule has 11 rings (SSSR count). The molecule has 0 bridgehead atoms. The highest BCUT2D eigenvalue weighted by Gasteiger charge is 2.50. The normalized spacial score (nSPS) is 22.0. The van der Waals surface area contributed by atoms with Gasteiger partial charge in [-0.05, 0) is 123 Å². The van der Waals surface area contributed by atoms with E-state index in [1.165, 1.54) is 65.9 Å². The average Bonchev–Trinajstić information content (AvgIpc) is 4.20. The van der Waals surface area contributed by atoms with Crippen LogP contribution in [0.4, 0.5) is 21.5 Å². The van der Waals surface area contributed by atoms with Gasteiger partial charge in [-0.25, -0.2) is 32.5 Å². The van der Waals surface area contributed by atoms with E-state index in [0.29, 0.717) is 53.3 Å². The van der Waals surface area contributed by atoms with E-state index in [4.69, 9.17) is 14.2 Å². The number of piperazine rings is 1. The van der Waals surface area contributed by atoms with E-state index in [2.05, 4.69) is 83.9 Å². The van der Waals surface area contributed by atoms with Crippen LogP contribution in [0.15, 0.2) is 89.4 Å². The number of anilines is 2. The Balaban J connectivity index is 0.826. The number of amides is 1. The van der Waals surface area contributed by atoms with Crippen molar-refractivity contribution in [2.24, 2.45) is 11.3 Å². The summed E-state index contributed by atoms with van der Waals surface area (Å²) in [4.78, 5) is 35.1. The molecule has 5 heterocycles. The van der Waals surface area contributed by atoms with Crippen LogP contribution in [0.1, 0.15) is 122 Å². The number of carbonyl (C=O) groups is 1. The molecule has 3 aromatic heterocycles. The minimum absolute atomic E-state index is 0.0172. The number of pyridine rings is 2. The zero-order valence-corrected chi connectivity index (χ0v) is 48.0. The maximum atomic E-state index is 15.1. The molecule has 424 valence electrons. The molecule has 2 saturated carbocycles. The second-order valence-electron chi connectivity index (χ2n) is 23.2. The molecule has 2 aliphatic heterocycles. The van der Waals surface area contributed by atoms with E-state index in [0.717, 1.165) is 83.5 Å². The largest absolute Gasteiger partial charge is 0.629 e. The summed E-state index contributed by atoms with van der Waals surface area (Å²) >= 11 is 1.20. The number of rotatable bonds is 17. The number of benzene rings is 3. The number of halogens is 1. The van der Waals surface area contributed by atoms with Gasteiger partial charge in [-0.1, -0.05) is 38.1 Å². The number of hydrogen-bond donors (Lipinski definition) is 4. The highest BCUT2D eigenvalue weighted by Crippen LogP contribution is 2.54. The number of quaternary nitrogens is 1. The molecule has 80 heavy (non-hydrogen) atoms. The molecule has 4 N–H and O–H groups in total. The average molecular weight is 1130 g/mol. The van der Waals surface area contributed by atoms with Crippen molar-refractivity contribution in [3.8, 4) is 23.3 Å². The van der Waals surface area contributed by atoms with Gasteiger partial charge in [-0.2, -0.15) is 0 Å². The van der Waals surface area contributed by atoms with Crippen molar-refractivity contribution in [3.05, 3.63) is 123 Å². The van der Waals surface area contributed by atoms with Crippen LogP contribution in [-0.4, -0.2) is 116 Å². The third kappa shape index (κ3) is 11.4. The summed E-state index contributed by atoms with van der Waals surface area (Å²) in [7, 11) is -0.226. The van der Waals surface area contributed by atoms with Crippen molar-refractivity contribution >= 4 is 60.4 Å². The zero-order valence-electron chi connectivity index (χ0n) is 46.4. The van der Waals surface area contributed by atoms with Crippen LogP contribution < -0.4 is 34.2 Å². The second-order valence-corrected chi connectivity index (χ2v) is 25.7. The quantitative estimate of drug-likeness (QED) is 0.0630. The molecule has 20 heteroatoms. The van der Waals surface area contributed by atoms with Gasteiger partial charge in [-0.15, -0.1) is 11.3 Å². The number of nitrogens with one attached hydrogen (secondary N) is 3. The number of aliphatic hydroxyl groups is 1. The molecule has 17 nitrogen and oxygen atoms in total. The molecular formula is C60H72FN9O8S2. The summed E-state index contributed by atoms with van der Waals surface area (Å²) in [6.07, 6.45) is 10.6. The molecule has 5 aliphatic rings. The van der Waals surface area contributed by atoms with Gasteiger partial charge in [0, 0.05) is 100.0 Å². The minimum atomic E-state index is -4.68. The maximum Gasteiger partial charge on any atom is 0.268 e. The number of allylic oxidation sites excluding steroid dienone is 1. The first kappa shape index (κ1) is 55.6. The fraction of sp³-hybridized carbons (Fsp3) is 0.467. The number of sulfonamides is 1. The Morgan fingerprint density at radius 1 is 0.975 bits per heavy atom. The lowest BCUT2D eigenvalue weighted by molar-refractivity contribution is -0.750. The molecule has 3 aromatic carbocycles. The Kier molecular flexibility index (Phi) is 15.7. The fourth-order valence-electron chi connectivity index (χ4n) is 12.9. The second kappa shape index (κ2) is 22.6. The van der Waals surface area contributed by atoms with E-state index >= 15 is 4.39 Å². The lowest BCUT2D eigenvalue weighted by Gasteiger charge is -2.58. The van der Waals surface area contributed by atoms with E-state index in [9.17, 15) is 23.5 Å². The lowest BCUT2D eigenvalue weighted by atomic mass is 9.59. The summed E-state index contributed by atoms with van der Waals surface area (Å²) in [5.41, 5.74) is 7.11. The molecule has 4 fully saturated rings. The lowest BCUT2D eigenvalue weighted by Crippen LogP contribution is -2.98. The minimum Gasteiger partial charge on any atom is -0.629 e. The van der Waals surface area contributed by atoms with Crippen LogP contribution in [0.5, 0.6) is 23.3 Å². The van der Waals surface area contributed by atoms with Gasteiger partial charge in [0.2, 0.25) is 5.88 Å². The van der Waals surface area contributed by atoms with Gasteiger partial charge in [0.1, 0.15) is 27.7 Å². The number of thiazole rings is 1. The van der Waals surface area contributed by atoms with Crippen molar-refractivity contribution in [3.63, 3.8) is 0 Å². The highest BCUT2D eigenvalue weighted by atomic mass is 32.2. The molecule has 0 radical (unpaired) electrons. The Bertz CT molecular complexity index is 3420. The number of carbonyl (C=O) groups excluding carboxylic acids is 1. The van der Waals surface area contributed by atoms with Crippen molar-refractivity contribution in [1.82, 2.24) is 29.5 Å². The maximum absolute atomic E-state index is 15.1. The topological polar surface area (TPSA) is 199 Å². The summed E-state index contributed by atoms with van der Waals surface area (Å²) in [6.45, 7) is 12.1. The van der Waals surface area contributed by atoms with Crippen molar-refractivity contribution < 1.29 is 42.0 Å². The van der Waals surface area contributed by atoms with Crippen LogP contribution in [0, 0.1) is 16.5 Å². The molecule has 6 aromatic rings. The third-order valence-electron chi connectivity index (χ3n) is 17.5. The molecule has 2 saturated heterocycles. The highest BCUT2D eigenvalue weighted by molar-refractivity contribution is 7.90. The number of nitrogens with zero attached hydrogens (tertiary/aromatic N) is 6. The van der Waals surface area contributed by atoms with Gasteiger partial charge < -0.3 is 39.8 Å². The first-order valence-electron chi connectivity index (χ1n) is 27.9. The number of hydroxylamine groups is 1. The van der Waals surface area contributed by atoms with Gasteiger partial charge in [0.05, 0.1) is 48.3 Å². The predicted molar refractivity (Wildman–Crippen MR) is 308 cm³/mol. The number of methoxy groups -OCH3 is 2.